The molecule has 1 aliphatic rings. The van der Waals surface area contributed by atoms with Gasteiger partial charge < -0.3 is 10.6 Å². The SMILES string of the molecule is [C-]#[N+]c1ccc(/C=C2\CN(C(=O)CN)C/C(=C\c3ccc(C#N)cc3)C2=O)cc1. The summed E-state index contributed by atoms with van der Waals surface area (Å²) < 4.78 is 0. The van der Waals surface area contributed by atoms with Crippen LogP contribution in [-0.2, 0) is 9.59 Å². The Morgan fingerprint density at radius 1 is 1.07 bits per heavy atom. The predicted octanol–water partition coefficient (Wildman–Crippen LogP) is 2.95. The Balaban J connectivity index is 1.97. The van der Waals surface area contributed by atoms with Gasteiger partial charge in [0.15, 0.2) is 11.5 Å². The number of carbonyl (C=O) groups is 2. The van der Waals surface area contributed by atoms with Crippen LogP contribution in [0.15, 0.2) is 59.7 Å². The molecular formula is C23H18N4O2. The number of Topliss-reactive ketones (excluding diaryl/α,β-unsaturated/α-hetero) is 1. The van der Waals surface area contributed by atoms with Crippen LogP contribution in [0.1, 0.15) is 16.7 Å². The van der Waals surface area contributed by atoms with E-state index < -0.39 is 0 Å². The van der Waals surface area contributed by atoms with Crippen LogP contribution >= 0.6 is 0 Å². The minimum Gasteiger partial charge on any atom is -0.333 e. The molecule has 142 valence electrons. The molecule has 1 heterocycles. The average molecular weight is 382 g/mol. The fourth-order valence-electron chi connectivity index (χ4n) is 3.05. The van der Waals surface area contributed by atoms with Crippen molar-refractivity contribution in [2.75, 3.05) is 19.6 Å². The molecule has 0 unspecified atom stereocenters. The first-order valence-corrected chi connectivity index (χ1v) is 8.95. The second kappa shape index (κ2) is 8.79. The molecule has 0 aromatic heterocycles. The molecule has 6 nitrogen and oxygen atoms in total. The van der Waals surface area contributed by atoms with Gasteiger partial charge in [0.1, 0.15) is 0 Å². The first kappa shape index (κ1) is 19.8. The molecule has 3 rings (SSSR count). The average Bonchev–Trinajstić information content (AvgIpc) is 2.76. The van der Waals surface area contributed by atoms with E-state index in [0.717, 1.165) is 11.1 Å². The Hall–Kier alpha value is -4.00. The molecule has 0 aliphatic carbocycles. The molecule has 2 N–H and O–H groups in total. The number of hydrogen-bond acceptors (Lipinski definition) is 4. The summed E-state index contributed by atoms with van der Waals surface area (Å²) >= 11 is 0. The number of likely N-dealkylation sites (tertiary alicyclic amines) is 1. The van der Waals surface area contributed by atoms with E-state index in [0.29, 0.717) is 22.4 Å². The molecule has 29 heavy (non-hydrogen) atoms. The van der Waals surface area contributed by atoms with Gasteiger partial charge in [0.25, 0.3) is 0 Å². The third-order valence-corrected chi connectivity index (χ3v) is 4.58. The molecule has 6 heteroatoms. The lowest BCUT2D eigenvalue weighted by Crippen LogP contribution is -2.44. The normalized spacial score (nSPS) is 16.5. The van der Waals surface area contributed by atoms with Crippen molar-refractivity contribution in [2.45, 2.75) is 0 Å². The number of nitriles is 1. The van der Waals surface area contributed by atoms with Gasteiger partial charge in [0.2, 0.25) is 5.91 Å². The number of nitrogens with two attached hydrogens (primary N) is 1. The Bertz CT molecular complexity index is 1000. The number of hydrogen-bond donors (Lipinski definition) is 1. The van der Waals surface area contributed by atoms with E-state index in [1.807, 2.05) is 0 Å². The van der Waals surface area contributed by atoms with Crippen molar-refractivity contribution in [3.63, 3.8) is 0 Å². The van der Waals surface area contributed by atoms with Crippen molar-refractivity contribution in [2.24, 2.45) is 5.73 Å². The fourth-order valence-corrected chi connectivity index (χ4v) is 3.05. The zero-order valence-corrected chi connectivity index (χ0v) is 15.6. The quantitative estimate of drug-likeness (QED) is 0.653. The highest BCUT2D eigenvalue weighted by Gasteiger charge is 2.28. The third kappa shape index (κ3) is 4.65. The van der Waals surface area contributed by atoms with Crippen molar-refractivity contribution in [1.29, 1.82) is 5.26 Å². The molecule has 0 atom stereocenters. The van der Waals surface area contributed by atoms with Gasteiger partial charge in [-0.15, -0.1) is 0 Å². The monoisotopic (exact) mass is 382 g/mol. The van der Waals surface area contributed by atoms with Gasteiger partial charge in [-0.25, -0.2) is 4.85 Å². The molecule has 0 spiro atoms. The molecule has 2 aromatic carbocycles. The largest absolute Gasteiger partial charge is 0.333 e. The van der Waals surface area contributed by atoms with Crippen LogP contribution in [-0.4, -0.2) is 36.2 Å². The Morgan fingerprint density at radius 3 is 2.03 bits per heavy atom. The lowest BCUT2D eigenvalue weighted by atomic mass is 9.94. The highest BCUT2D eigenvalue weighted by atomic mass is 16.2. The van der Waals surface area contributed by atoms with Gasteiger partial charge in [-0.05, 0) is 35.4 Å². The standard InChI is InChI=1S/C23H18N4O2/c1-26-21-8-6-17(7-9-21)11-20-15-27(22(28)13-25)14-19(23(20)29)10-16-2-4-18(12-24)5-3-16/h2-11H,13-15,25H2/b19-10+,20-11+. The lowest BCUT2D eigenvalue weighted by molar-refractivity contribution is -0.129. The Kier molecular flexibility index (Phi) is 5.99. The number of amides is 1. The van der Waals surface area contributed by atoms with Crippen LogP contribution in [0.4, 0.5) is 5.69 Å². The summed E-state index contributed by atoms with van der Waals surface area (Å²) in [5.41, 5.74) is 9.08. The van der Waals surface area contributed by atoms with E-state index in [1.165, 1.54) is 0 Å². The van der Waals surface area contributed by atoms with Gasteiger partial charge in [0, 0.05) is 24.2 Å². The van der Waals surface area contributed by atoms with Crippen LogP contribution in [0.3, 0.4) is 0 Å². The van der Waals surface area contributed by atoms with Crippen molar-refractivity contribution < 1.29 is 9.59 Å². The highest BCUT2D eigenvalue weighted by Crippen LogP contribution is 2.23. The summed E-state index contributed by atoms with van der Waals surface area (Å²) in [4.78, 5) is 30.1. The topological polar surface area (TPSA) is 91.5 Å². The number of benzene rings is 2. The van der Waals surface area contributed by atoms with Crippen molar-refractivity contribution in [1.82, 2.24) is 4.90 Å². The zero-order valence-electron chi connectivity index (χ0n) is 15.6. The van der Waals surface area contributed by atoms with E-state index >= 15 is 0 Å². The fraction of sp³-hybridized carbons (Fsp3) is 0.130. The summed E-state index contributed by atoms with van der Waals surface area (Å²) in [5, 5.41) is 8.92. The minimum absolute atomic E-state index is 0.134. The Morgan fingerprint density at radius 2 is 1.59 bits per heavy atom. The van der Waals surface area contributed by atoms with E-state index in [2.05, 4.69) is 10.9 Å². The molecule has 0 bridgehead atoms. The lowest BCUT2D eigenvalue weighted by Gasteiger charge is -2.29. The van der Waals surface area contributed by atoms with Crippen molar-refractivity contribution in [3.05, 3.63) is 87.8 Å². The number of ketones is 1. The third-order valence-electron chi connectivity index (χ3n) is 4.58. The number of rotatable bonds is 3. The van der Waals surface area contributed by atoms with Gasteiger partial charge in [-0.1, -0.05) is 36.4 Å². The predicted molar refractivity (Wildman–Crippen MR) is 110 cm³/mol. The molecule has 1 fully saturated rings. The Labute approximate surface area is 169 Å². The van der Waals surface area contributed by atoms with Gasteiger partial charge in [-0.3, -0.25) is 9.59 Å². The van der Waals surface area contributed by atoms with E-state index in [-0.39, 0.29) is 31.3 Å². The zero-order chi connectivity index (χ0) is 20.8. The maximum atomic E-state index is 13.0. The van der Waals surface area contributed by atoms with Crippen LogP contribution in [0.2, 0.25) is 0 Å². The molecule has 1 aliphatic heterocycles. The minimum atomic E-state index is -0.238. The van der Waals surface area contributed by atoms with Crippen LogP contribution < -0.4 is 5.73 Å². The van der Waals surface area contributed by atoms with Crippen LogP contribution in [0.5, 0.6) is 0 Å². The van der Waals surface area contributed by atoms with Crippen molar-refractivity contribution in [3.8, 4) is 6.07 Å². The number of nitrogens with zero attached hydrogens (tertiary/aromatic N) is 3. The summed E-state index contributed by atoms with van der Waals surface area (Å²) in [6, 6.07) is 15.8. The summed E-state index contributed by atoms with van der Waals surface area (Å²) in [5.74, 6) is -0.373. The smallest absolute Gasteiger partial charge is 0.236 e. The molecule has 0 saturated carbocycles. The summed E-state index contributed by atoms with van der Waals surface area (Å²) in [7, 11) is 0. The maximum Gasteiger partial charge on any atom is 0.236 e. The highest BCUT2D eigenvalue weighted by molar-refractivity contribution is 6.15. The van der Waals surface area contributed by atoms with E-state index in [9.17, 15) is 9.59 Å². The number of piperidine rings is 1. The molecular weight excluding hydrogens is 364 g/mol. The number of carbonyl (C=O) groups excluding carboxylic acids is 2. The maximum absolute atomic E-state index is 13.0. The molecule has 1 saturated heterocycles. The van der Waals surface area contributed by atoms with Crippen LogP contribution in [0, 0.1) is 17.9 Å². The summed E-state index contributed by atoms with van der Waals surface area (Å²) in [6.07, 6.45) is 3.47. The second-order valence-electron chi connectivity index (χ2n) is 6.56. The van der Waals surface area contributed by atoms with Crippen molar-refractivity contribution >= 4 is 29.5 Å². The van der Waals surface area contributed by atoms with E-state index in [4.69, 9.17) is 17.6 Å². The summed E-state index contributed by atoms with van der Waals surface area (Å²) in [6.45, 7) is 7.26. The van der Waals surface area contributed by atoms with Gasteiger partial charge in [-0.2, -0.15) is 5.26 Å². The second-order valence-corrected chi connectivity index (χ2v) is 6.56. The van der Waals surface area contributed by atoms with Gasteiger partial charge in [0.05, 0.1) is 24.7 Å². The van der Waals surface area contributed by atoms with E-state index in [1.54, 1.807) is 65.6 Å². The molecule has 0 radical (unpaired) electrons. The van der Waals surface area contributed by atoms with Gasteiger partial charge >= 0.3 is 0 Å². The molecule has 1 amide bonds. The first-order chi connectivity index (χ1) is 14.0. The van der Waals surface area contributed by atoms with Crippen LogP contribution in [0.25, 0.3) is 17.0 Å². The first-order valence-electron chi connectivity index (χ1n) is 8.95. The molecule has 2 aromatic rings.